The van der Waals surface area contributed by atoms with E-state index >= 15 is 0 Å². The van der Waals surface area contributed by atoms with E-state index in [2.05, 4.69) is 0 Å². The Labute approximate surface area is 79.8 Å². The van der Waals surface area contributed by atoms with Crippen LogP contribution in [0.1, 0.15) is 19.4 Å². The van der Waals surface area contributed by atoms with Crippen molar-refractivity contribution in [2.24, 2.45) is 0 Å². The smallest absolute Gasteiger partial charge is 0.174 e. The van der Waals surface area contributed by atoms with Crippen LogP contribution in [-0.4, -0.2) is 6.61 Å². The highest BCUT2D eigenvalue weighted by Gasteiger charge is 1.89. The van der Waals surface area contributed by atoms with Crippen LogP contribution in [0, 0.1) is 18.3 Å². The van der Waals surface area contributed by atoms with Crippen LogP contribution in [0.4, 0.5) is 0 Å². The topological polar surface area (TPSA) is 33.0 Å². The summed E-state index contributed by atoms with van der Waals surface area (Å²) in [6, 6.07) is 9.52. The van der Waals surface area contributed by atoms with Crippen molar-refractivity contribution >= 4 is 0 Å². The first-order chi connectivity index (χ1) is 6.33. The molecule has 0 atom stereocenters. The normalized spacial score (nSPS) is 7.85. The van der Waals surface area contributed by atoms with Crippen molar-refractivity contribution in [1.29, 1.82) is 5.26 Å². The largest absolute Gasteiger partial charge is 0.479 e. The molecule has 70 valence electrons. The van der Waals surface area contributed by atoms with Gasteiger partial charge in [-0.2, -0.15) is 5.26 Å². The number of hydrogen-bond acceptors (Lipinski definition) is 2. The lowest BCUT2D eigenvalue weighted by Crippen LogP contribution is -1.92. The fourth-order valence-electron chi connectivity index (χ4n) is 0.750. The molecule has 0 heterocycles. The summed E-state index contributed by atoms with van der Waals surface area (Å²) < 4.78 is 5.05. The third-order valence-electron chi connectivity index (χ3n) is 1.32. The Kier molecular flexibility index (Phi) is 6.35. The van der Waals surface area contributed by atoms with Crippen molar-refractivity contribution in [3.63, 3.8) is 0 Å². The summed E-state index contributed by atoms with van der Waals surface area (Å²) in [5.74, 6) is 0.747. The van der Waals surface area contributed by atoms with Gasteiger partial charge >= 0.3 is 0 Å². The van der Waals surface area contributed by atoms with Crippen LogP contribution in [0.5, 0.6) is 5.75 Å². The Morgan fingerprint density at radius 3 is 2.23 bits per heavy atom. The highest BCUT2D eigenvalue weighted by atomic mass is 16.5. The molecule has 0 saturated carbocycles. The van der Waals surface area contributed by atoms with Crippen LogP contribution in [-0.2, 0) is 0 Å². The molecule has 0 spiro atoms. The molecule has 1 rings (SSSR count). The maximum absolute atomic E-state index is 8.21. The van der Waals surface area contributed by atoms with Crippen LogP contribution in [0.15, 0.2) is 24.3 Å². The molecule has 0 aliphatic rings. The summed E-state index contributed by atoms with van der Waals surface area (Å²) >= 11 is 0. The number of nitrogens with zero attached hydrogens (tertiary/aromatic N) is 1. The van der Waals surface area contributed by atoms with E-state index < -0.39 is 0 Å². The van der Waals surface area contributed by atoms with Crippen molar-refractivity contribution < 1.29 is 4.74 Å². The third-order valence-corrected chi connectivity index (χ3v) is 1.32. The van der Waals surface area contributed by atoms with Crippen LogP contribution >= 0.6 is 0 Å². The molecule has 0 amide bonds. The molecular weight excluding hydrogens is 162 g/mol. The zero-order valence-corrected chi connectivity index (χ0v) is 8.37. The minimum atomic E-state index is 0.114. The van der Waals surface area contributed by atoms with Crippen LogP contribution < -0.4 is 4.74 Å². The van der Waals surface area contributed by atoms with Gasteiger partial charge in [0.15, 0.2) is 6.61 Å². The summed E-state index contributed by atoms with van der Waals surface area (Å²) in [4.78, 5) is 0. The first-order valence-electron chi connectivity index (χ1n) is 4.39. The molecule has 0 saturated heterocycles. The quantitative estimate of drug-likeness (QED) is 0.695. The number of aryl methyl sites for hydroxylation is 1. The SMILES string of the molecule is CC.Cc1ccc(OCC#N)cc1. The fraction of sp³-hybridized carbons (Fsp3) is 0.364. The second-order valence-electron chi connectivity index (χ2n) is 2.26. The van der Waals surface area contributed by atoms with Crippen molar-refractivity contribution in [2.45, 2.75) is 20.8 Å². The number of ether oxygens (including phenoxy) is 1. The van der Waals surface area contributed by atoms with Gasteiger partial charge < -0.3 is 4.74 Å². The zero-order valence-electron chi connectivity index (χ0n) is 8.37. The van der Waals surface area contributed by atoms with Gasteiger partial charge in [-0.3, -0.25) is 0 Å². The number of nitriles is 1. The van der Waals surface area contributed by atoms with E-state index in [-0.39, 0.29) is 6.61 Å². The highest BCUT2D eigenvalue weighted by molar-refractivity contribution is 5.26. The van der Waals surface area contributed by atoms with E-state index in [1.165, 1.54) is 5.56 Å². The Balaban J connectivity index is 0.000000671. The van der Waals surface area contributed by atoms with Gasteiger partial charge in [-0.15, -0.1) is 0 Å². The summed E-state index contributed by atoms with van der Waals surface area (Å²) in [5, 5.41) is 8.21. The van der Waals surface area contributed by atoms with Gasteiger partial charge in [0.05, 0.1) is 0 Å². The van der Waals surface area contributed by atoms with Crippen LogP contribution in [0.2, 0.25) is 0 Å². The van der Waals surface area contributed by atoms with E-state index in [9.17, 15) is 0 Å². The predicted molar refractivity (Wildman–Crippen MR) is 53.6 cm³/mol. The van der Waals surface area contributed by atoms with Crippen LogP contribution in [0.3, 0.4) is 0 Å². The second kappa shape index (κ2) is 7.17. The average Bonchev–Trinajstić information content (AvgIpc) is 2.20. The van der Waals surface area contributed by atoms with E-state index in [0.717, 1.165) is 5.75 Å². The monoisotopic (exact) mass is 177 g/mol. The first kappa shape index (κ1) is 11.5. The van der Waals surface area contributed by atoms with E-state index in [1.54, 1.807) is 0 Å². The van der Waals surface area contributed by atoms with Gasteiger partial charge in [-0.1, -0.05) is 31.5 Å². The van der Waals surface area contributed by atoms with Gasteiger partial charge in [-0.25, -0.2) is 0 Å². The van der Waals surface area contributed by atoms with Crippen LogP contribution in [0.25, 0.3) is 0 Å². The number of benzene rings is 1. The molecule has 13 heavy (non-hydrogen) atoms. The Bertz CT molecular complexity index is 258. The molecule has 1 aromatic rings. The molecule has 1 aromatic carbocycles. The molecular formula is C11H15NO. The Hall–Kier alpha value is -1.49. The standard InChI is InChI=1S/C9H9NO.C2H6/c1-8-2-4-9(5-3-8)11-7-6-10;1-2/h2-5H,7H2,1H3;1-2H3. The molecule has 0 aliphatic heterocycles. The molecule has 0 bridgehead atoms. The van der Waals surface area contributed by atoms with E-state index in [0.29, 0.717) is 0 Å². The van der Waals surface area contributed by atoms with Gasteiger partial charge in [0.1, 0.15) is 11.8 Å². The molecule has 0 aliphatic carbocycles. The lowest BCUT2D eigenvalue weighted by atomic mass is 10.2. The molecule has 0 fully saturated rings. The van der Waals surface area contributed by atoms with Crippen molar-refractivity contribution in [3.05, 3.63) is 29.8 Å². The molecule has 0 unspecified atom stereocenters. The molecule has 2 nitrogen and oxygen atoms in total. The maximum atomic E-state index is 8.21. The lowest BCUT2D eigenvalue weighted by molar-refractivity contribution is 0.368. The Morgan fingerprint density at radius 1 is 1.23 bits per heavy atom. The summed E-state index contributed by atoms with van der Waals surface area (Å²) in [7, 11) is 0. The minimum absolute atomic E-state index is 0.114. The molecule has 0 N–H and O–H groups in total. The lowest BCUT2D eigenvalue weighted by Gasteiger charge is -1.99. The van der Waals surface area contributed by atoms with Gasteiger partial charge in [0, 0.05) is 0 Å². The highest BCUT2D eigenvalue weighted by Crippen LogP contribution is 2.10. The molecule has 0 radical (unpaired) electrons. The summed E-state index contributed by atoms with van der Waals surface area (Å²) in [6.45, 7) is 6.12. The van der Waals surface area contributed by atoms with Gasteiger partial charge in [-0.05, 0) is 19.1 Å². The average molecular weight is 177 g/mol. The third kappa shape index (κ3) is 4.86. The minimum Gasteiger partial charge on any atom is -0.479 e. The molecule has 0 aromatic heterocycles. The zero-order chi connectivity index (χ0) is 10.1. The van der Waals surface area contributed by atoms with Gasteiger partial charge in [0.2, 0.25) is 0 Å². The van der Waals surface area contributed by atoms with Crippen molar-refractivity contribution in [1.82, 2.24) is 0 Å². The van der Waals surface area contributed by atoms with Gasteiger partial charge in [0.25, 0.3) is 0 Å². The van der Waals surface area contributed by atoms with E-state index in [4.69, 9.17) is 10.00 Å². The fourth-order valence-corrected chi connectivity index (χ4v) is 0.750. The second-order valence-corrected chi connectivity index (χ2v) is 2.26. The number of hydrogen-bond donors (Lipinski definition) is 0. The maximum Gasteiger partial charge on any atom is 0.174 e. The first-order valence-corrected chi connectivity index (χ1v) is 4.39. The van der Waals surface area contributed by atoms with Crippen molar-refractivity contribution in [3.8, 4) is 11.8 Å². The number of rotatable bonds is 2. The molecule has 2 heteroatoms. The van der Waals surface area contributed by atoms with E-state index in [1.807, 2.05) is 51.1 Å². The van der Waals surface area contributed by atoms with Crippen molar-refractivity contribution in [2.75, 3.05) is 6.61 Å². The predicted octanol–water partition coefficient (Wildman–Crippen LogP) is 2.92. The summed E-state index contributed by atoms with van der Waals surface area (Å²) in [6.07, 6.45) is 0. The Morgan fingerprint density at radius 2 is 1.77 bits per heavy atom. The summed E-state index contributed by atoms with van der Waals surface area (Å²) in [5.41, 5.74) is 1.19.